The molecule has 0 radical (unpaired) electrons. The number of hydrogen-bond acceptors (Lipinski definition) is 3. The Hall–Kier alpha value is -2.01. The average molecular weight is 378 g/mol. The highest BCUT2D eigenvalue weighted by molar-refractivity contribution is 9.10. The Morgan fingerprint density at radius 1 is 1.04 bits per heavy atom. The minimum atomic E-state index is 0.0172. The predicted octanol–water partition coefficient (Wildman–Crippen LogP) is 3.37. The molecule has 0 aliphatic carbocycles. The third-order valence-corrected chi connectivity index (χ3v) is 3.93. The standard InChI is InChI=1S/C18H20BrNO3/c1-22-16-7-6-13(11-17(16)23-2)8-9-20-18(21)12-14-4-3-5-15(19)10-14/h3-7,10-11H,8-9,12H2,1-2H3,(H,20,21). The summed E-state index contributed by atoms with van der Waals surface area (Å²) in [6.07, 6.45) is 1.12. The van der Waals surface area contributed by atoms with Gasteiger partial charge in [-0.05, 0) is 41.8 Å². The number of carbonyl (C=O) groups is 1. The molecule has 0 unspecified atom stereocenters. The first-order valence-electron chi connectivity index (χ1n) is 7.34. The van der Waals surface area contributed by atoms with Crippen molar-refractivity contribution in [1.29, 1.82) is 0 Å². The molecule has 5 heteroatoms. The van der Waals surface area contributed by atoms with E-state index in [4.69, 9.17) is 9.47 Å². The van der Waals surface area contributed by atoms with Gasteiger partial charge in [0.25, 0.3) is 0 Å². The molecule has 0 spiro atoms. The Balaban J connectivity index is 1.83. The number of rotatable bonds is 7. The Labute approximate surface area is 144 Å². The van der Waals surface area contributed by atoms with E-state index < -0.39 is 0 Å². The molecule has 2 aromatic carbocycles. The summed E-state index contributed by atoms with van der Waals surface area (Å²) in [6.45, 7) is 0.586. The van der Waals surface area contributed by atoms with Crippen LogP contribution in [-0.2, 0) is 17.6 Å². The molecule has 1 N–H and O–H groups in total. The number of benzene rings is 2. The highest BCUT2D eigenvalue weighted by Crippen LogP contribution is 2.27. The normalized spacial score (nSPS) is 10.2. The number of halogens is 1. The van der Waals surface area contributed by atoms with E-state index in [2.05, 4.69) is 21.2 Å². The van der Waals surface area contributed by atoms with Crippen LogP contribution in [-0.4, -0.2) is 26.7 Å². The lowest BCUT2D eigenvalue weighted by atomic mass is 10.1. The van der Waals surface area contributed by atoms with Gasteiger partial charge in [-0.2, -0.15) is 0 Å². The van der Waals surface area contributed by atoms with E-state index in [1.54, 1.807) is 14.2 Å². The summed E-state index contributed by atoms with van der Waals surface area (Å²) >= 11 is 3.41. The summed E-state index contributed by atoms with van der Waals surface area (Å²) in [5.74, 6) is 1.42. The maximum Gasteiger partial charge on any atom is 0.224 e. The van der Waals surface area contributed by atoms with Crippen LogP contribution in [0.1, 0.15) is 11.1 Å². The Bertz CT molecular complexity index is 673. The topological polar surface area (TPSA) is 47.6 Å². The molecule has 122 valence electrons. The van der Waals surface area contributed by atoms with E-state index in [1.165, 1.54) is 0 Å². The van der Waals surface area contributed by atoms with E-state index in [-0.39, 0.29) is 5.91 Å². The molecule has 1 amide bonds. The first-order valence-corrected chi connectivity index (χ1v) is 8.13. The number of nitrogens with one attached hydrogen (secondary N) is 1. The molecule has 0 saturated heterocycles. The van der Waals surface area contributed by atoms with Crippen LogP contribution >= 0.6 is 15.9 Å². The Morgan fingerprint density at radius 3 is 2.52 bits per heavy atom. The van der Waals surface area contributed by atoms with Crippen molar-refractivity contribution in [3.63, 3.8) is 0 Å². The minimum absolute atomic E-state index is 0.0172. The van der Waals surface area contributed by atoms with Gasteiger partial charge in [0.05, 0.1) is 20.6 Å². The van der Waals surface area contributed by atoms with E-state index in [1.807, 2.05) is 42.5 Å². The van der Waals surface area contributed by atoms with Gasteiger partial charge in [-0.3, -0.25) is 4.79 Å². The first kappa shape index (κ1) is 17.3. The van der Waals surface area contributed by atoms with E-state index in [0.717, 1.165) is 22.0 Å². The molecule has 0 fully saturated rings. The zero-order valence-electron chi connectivity index (χ0n) is 13.3. The minimum Gasteiger partial charge on any atom is -0.493 e. The molecular formula is C18H20BrNO3. The van der Waals surface area contributed by atoms with Crippen LogP contribution in [0.25, 0.3) is 0 Å². The van der Waals surface area contributed by atoms with Crippen molar-refractivity contribution < 1.29 is 14.3 Å². The second-order valence-corrected chi connectivity index (χ2v) is 6.01. The van der Waals surface area contributed by atoms with Gasteiger partial charge in [0.15, 0.2) is 11.5 Å². The second-order valence-electron chi connectivity index (χ2n) is 5.10. The molecule has 2 rings (SSSR count). The molecule has 0 aromatic heterocycles. The van der Waals surface area contributed by atoms with Crippen molar-refractivity contribution in [3.8, 4) is 11.5 Å². The lowest BCUT2D eigenvalue weighted by Gasteiger charge is -2.10. The molecule has 2 aromatic rings. The molecule has 4 nitrogen and oxygen atoms in total. The molecule has 0 aliphatic rings. The van der Waals surface area contributed by atoms with Crippen molar-refractivity contribution in [2.75, 3.05) is 20.8 Å². The third kappa shape index (κ3) is 5.28. The summed E-state index contributed by atoms with van der Waals surface area (Å²) < 4.78 is 11.5. The highest BCUT2D eigenvalue weighted by Gasteiger charge is 2.06. The van der Waals surface area contributed by atoms with Crippen LogP contribution < -0.4 is 14.8 Å². The number of carbonyl (C=O) groups excluding carboxylic acids is 1. The van der Waals surface area contributed by atoms with Crippen LogP contribution in [0.2, 0.25) is 0 Å². The van der Waals surface area contributed by atoms with Crippen molar-refractivity contribution in [3.05, 3.63) is 58.1 Å². The lowest BCUT2D eigenvalue weighted by Crippen LogP contribution is -2.27. The van der Waals surface area contributed by atoms with Crippen molar-refractivity contribution in [1.82, 2.24) is 5.32 Å². The smallest absolute Gasteiger partial charge is 0.224 e. The molecule has 0 aliphatic heterocycles. The maximum atomic E-state index is 12.0. The molecule has 0 bridgehead atoms. The predicted molar refractivity (Wildman–Crippen MR) is 94.1 cm³/mol. The van der Waals surface area contributed by atoms with Gasteiger partial charge in [0.2, 0.25) is 5.91 Å². The van der Waals surface area contributed by atoms with Crippen LogP contribution in [0.15, 0.2) is 46.9 Å². The summed E-state index contributed by atoms with van der Waals surface area (Å²) in [6, 6.07) is 13.5. The van der Waals surface area contributed by atoms with Gasteiger partial charge in [0, 0.05) is 11.0 Å². The van der Waals surface area contributed by atoms with Gasteiger partial charge < -0.3 is 14.8 Å². The summed E-state index contributed by atoms with van der Waals surface area (Å²) in [4.78, 5) is 12.0. The van der Waals surface area contributed by atoms with Gasteiger partial charge >= 0.3 is 0 Å². The van der Waals surface area contributed by atoms with E-state index in [9.17, 15) is 4.79 Å². The van der Waals surface area contributed by atoms with Crippen LogP contribution in [0.5, 0.6) is 11.5 Å². The van der Waals surface area contributed by atoms with Crippen molar-refractivity contribution in [2.24, 2.45) is 0 Å². The number of hydrogen-bond donors (Lipinski definition) is 1. The quantitative estimate of drug-likeness (QED) is 0.804. The third-order valence-electron chi connectivity index (χ3n) is 3.44. The van der Waals surface area contributed by atoms with Gasteiger partial charge in [0.1, 0.15) is 0 Å². The Kier molecular flexibility index (Phi) is 6.47. The summed E-state index contributed by atoms with van der Waals surface area (Å²) in [7, 11) is 3.22. The van der Waals surface area contributed by atoms with Crippen LogP contribution in [0, 0.1) is 0 Å². The maximum absolute atomic E-state index is 12.0. The van der Waals surface area contributed by atoms with Crippen LogP contribution in [0.3, 0.4) is 0 Å². The highest BCUT2D eigenvalue weighted by atomic mass is 79.9. The van der Waals surface area contributed by atoms with Gasteiger partial charge in [-0.1, -0.05) is 34.1 Å². The molecule has 0 heterocycles. The number of amides is 1. The fourth-order valence-corrected chi connectivity index (χ4v) is 2.72. The van der Waals surface area contributed by atoms with Gasteiger partial charge in [-0.15, -0.1) is 0 Å². The molecular weight excluding hydrogens is 358 g/mol. The fraction of sp³-hybridized carbons (Fsp3) is 0.278. The fourth-order valence-electron chi connectivity index (χ4n) is 2.28. The number of ether oxygens (including phenoxy) is 2. The van der Waals surface area contributed by atoms with Gasteiger partial charge in [-0.25, -0.2) is 0 Å². The summed E-state index contributed by atoms with van der Waals surface area (Å²) in [5.41, 5.74) is 2.08. The molecule has 23 heavy (non-hydrogen) atoms. The molecule has 0 atom stereocenters. The average Bonchev–Trinajstić information content (AvgIpc) is 2.54. The van der Waals surface area contributed by atoms with E-state index >= 15 is 0 Å². The SMILES string of the molecule is COc1ccc(CCNC(=O)Cc2cccc(Br)c2)cc1OC. The first-order chi connectivity index (χ1) is 11.1. The van der Waals surface area contributed by atoms with Crippen molar-refractivity contribution in [2.45, 2.75) is 12.8 Å². The number of methoxy groups -OCH3 is 2. The molecule has 0 saturated carbocycles. The summed E-state index contributed by atoms with van der Waals surface area (Å²) in [5, 5.41) is 2.94. The second kappa shape index (κ2) is 8.58. The lowest BCUT2D eigenvalue weighted by molar-refractivity contribution is -0.120. The largest absolute Gasteiger partial charge is 0.493 e. The monoisotopic (exact) mass is 377 g/mol. The van der Waals surface area contributed by atoms with E-state index in [0.29, 0.717) is 24.5 Å². The zero-order valence-corrected chi connectivity index (χ0v) is 14.9. The zero-order chi connectivity index (χ0) is 16.7. The van der Waals surface area contributed by atoms with Crippen LogP contribution in [0.4, 0.5) is 0 Å². The Morgan fingerprint density at radius 2 is 1.83 bits per heavy atom. The van der Waals surface area contributed by atoms with Crippen molar-refractivity contribution >= 4 is 21.8 Å².